The van der Waals surface area contributed by atoms with Crippen LogP contribution >= 0.6 is 0 Å². The summed E-state index contributed by atoms with van der Waals surface area (Å²) in [5, 5.41) is 12.2. The molecule has 3 nitrogen and oxygen atoms in total. The summed E-state index contributed by atoms with van der Waals surface area (Å²) in [5.41, 5.74) is 2.10. The highest BCUT2D eigenvalue weighted by Gasteiger charge is 2.08. The lowest BCUT2D eigenvalue weighted by molar-refractivity contribution is -0.000885. The lowest BCUT2D eigenvalue weighted by Crippen LogP contribution is -2.26. The number of nitrogens with one attached hydrogen (secondary N) is 1. The molecule has 17 heavy (non-hydrogen) atoms. The average Bonchev–Trinajstić information content (AvgIpc) is 2.28. The Labute approximate surface area is 104 Å². The van der Waals surface area contributed by atoms with E-state index in [1.54, 1.807) is 0 Å². The molecule has 0 saturated carbocycles. The van der Waals surface area contributed by atoms with Crippen LogP contribution in [-0.4, -0.2) is 23.9 Å². The molecule has 3 heteroatoms. The predicted molar refractivity (Wildman–Crippen MR) is 69.8 cm³/mol. The molecule has 1 aromatic carbocycles. The Bertz CT molecular complexity index is 314. The van der Waals surface area contributed by atoms with Crippen LogP contribution in [0.3, 0.4) is 0 Å². The van der Waals surface area contributed by atoms with Crippen molar-refractivity contribution < 1.29 is 9.84 Å². The van der Waals surface area contributed by atoms with Gasteiger partial charge in [-0.15, -0.1) is 0 Å². The number of hydrogen-bond donors (Lipinski definition) is 2. The molecule has 0 aliphatic heterocycles. The molecule has 0 amide bonds. The summed E-state index contributed by atoms with van der Waals surface area (Å²) < 4.78 is 5.61. The zero-order valence-corrected chi connectivity index (χ0v) is 11.0. The van der Waals surface area contributed by atoms with Crippen molar-refractivity contribution in [1.29, 1.82) is 0 Å². The van der Waals surface area contributed by atoms with E-state index in [0.29, 0.717) is 0 Å². The molecular formula is C14H23NO2. The molecule has 0 saturated heterocycles. The summed E-state index contributed by atoms with van der Waals surface area (Å²) in [6.45, 7) is 8.67. The molecule has 0 aliphatic carbocycles. The van der Waals surface area contributed by atoms with Crippen LogP contribution in [0, 0.1) is 0 Å². The molecule has 96 valence electrons. The summed E-state index contributed by atoms with van der Waals surface area (Å²) in [5.74, 6) is 0. The maximum Gasteiger partial charge on any atom is 0.0681 e. The smallest absolute Gasteiger partial charge is 0.0681 e. The highest BCUT2D eigenvalue weighted by molar-refractivity contribution is 5.21. The molecule has 2 N–H and O–H groups in total. The van der Waals surface area contributed by atoms with Gasteiger partial charge >= 0.3 is 0 Å². The first kappa shape index (κ1) is 14.2. The molecular weight excluding hydrogens is 214 g/mol. The zero-order valence-electron chi connectivity index (χ0n) is 11.0. The molecule has 0 heterocycles. The topological polar surface area (TPSA) is 41.5 Å². The van der Waals surface area contributed by atoms with E-state index in [-0.39, 0.29) is 12.2 Å². The van der Waals surface area contributed by atoms with Crippen LogP contribution in [0.1, 0.15) is 31.9 Å². The average molecular weight is 237 g/mol. The number of ether oxygens (including phenoxy) is 1. The van der Waals surface area contributed by atoms with E-state index in [1.165, 1.54) is 5.56 Å². The van der Waals surface area contributed by atoms with E-state index >= 15 is 0 Å². The minimum Gasteiger partial charge on any atom is -0.392 e. The Balaban J connectivity index is 2.18. The maximum atomic E-state index is 8.92. The van der Waals surface area contributed by atoms with E-state index in [4.69, 9.17) is 9.84 Å². The van der Waals surface area contributed by atoms with E-state index in [9.17, 15) is 0 Å². The minimum absolute atomic E-state index is 0.0650. The van der Waals surface area contributed by atoms with Gasteiger partial charge in [0, 0.05) is 13.1 Å². The molecule has 0 radical (unpaired) electrons. The van der Waals surface area contributed by atoms with Gasteiger partial charge in [0.05, 0.1) is 18.8 Å². The third-order valence-electron chi connectivity index (χ3n) is 2.35. The predicted octanol–water partition coefficient (Wildman–Crippen LogP) is 2.08. The highest BCUT2D eigenvalue weighted by Crippen LogP contribution is 2.06. The first-order chi connectivity index (χ1) is 8.01. The van der Waals surface area contributed by atoms with Gasteiger partial charge in [-0.25, -0.2) is 0 Å². The second kappa shape index (κ2) is 6.74. The van der Waals surface area contributed by atoms with Crippen LogP contribution in [0.2, 0.25) is 0 Å². The zero-order chi connectivity index (χ0) is 12.7. The molecule has 1 rings (SSSR count). The van der Waals surface area contributed by atoms with E-state index in [1.807, 2.05) is 24.3 Å². The van der Waals surface area contributed by atoms with Crippen molar-refractivity contribution in [2.45, 2.75) is 39.5 Å². The van der Waals surface area contributed by atoms with Crippen molar-refractivity contribution in [2.24, 2.45) is 0 Å². The fourth-order valence-electron chi connectivity index (χ4n) is 1.42. The monoisotopic (exact) mass is 237 g/mol. The van der Waals surface area contributed by atoms with Crippen LogP contribution in [0.4, 0.5) is 0 Å². The third-order valence-corrected chi connectivity index (χ3v) is 2.35. The van der Waals surface area contributed by atoms with Gasteiger partial charge in [0.2, 0.25) is 0 Å². The van der Waals surface area contributed by atoms with E-state index in [2.05, 4.69) is 26.1 Å². The van der Waals surface area contributed by atoms with Gasteiger partial charge in [-0.2, -0.15) is 0 Å². The molecule has 0 aromatic heterocycles. The number of aliphatic hydroxyl groups is 1. The highest BCUT2D eigenvalue weighted by atomic mass is 16.5. The number of benzene rings is 1. The third kappa shape index (κ3) is 6.41. The fourth-order valence-corrected chi connectivity index (χ4v) is 1.42. The second-order valence-electron chi connectivity index (χ2n) is 5.11. The van der Waals surface area contributed by atoms with Gasteiger partial charge in [0.15, 0.2) is 0 Å². The van der Waals surface area contributed by atoms with Gasteiger partial charge < -0.3 is 15.2 Å². The lowest BCUT2D eigenvalue weighted by Gasteiger charge is -2.19. The van der Waals surface area contributed by atoms with Crippen molar-refractivity contribution >= 4 is 0 Å². The Kier molecular flexibility index (Phi) is 5.62. The Morgan fingerprint density at radius 2 is 1.71 bits per heavy atom. The molecule has 1 aromatic rings. The first-order valence-electron chi connectivity index (χ1n) is 6.04. The second-order valence-corrected chi connectivity index (χ2v) is 5.11. The number of aliphatic hydroxyl groups excluding tert-OH is 1. The molecule has 0 atom stereocenters. The first-order valence-corrected chi connectivity index (χ1v) is 6.04. The van der Waals surface area contributed by atoms with Gasteiger partial charge in [0.1, 0.15) is 0 Å². The van der Waals surface area contributed by atoms with Crippen LogP contribution in [-0.2, 0) is 17.9 Å². The van der Waals surface area contributed by atoms with Crippen molar-refractivity contribution in [1.82, 2.24) is 5.32 Å². The molecule has 0 bridgehead atoms. The molecule has 0 aliphatic rings. The molecule has 0 spiro atoms. The van der Waals surface area contributed by atoms with Gasteiger partial charge in [-0.1, -0.05) is 24.3 Å². The summed E-state index contributed by atoms with van der Waals surface area (Å²) in [6.07, 6.45) is 0. The van der Waals surface area contributed by atoms with Crippen molar-refractivity contribution in [3.8, 4) is 0 Å². The van der Waals surface area contributed by atoms with Crippen LogP contribution in [0.5, 0.6) is 0 Å². The van der Waals surface area contributed by atoms with Crippen molar-refractivity contribution in [3.05, 3.63) is 35.4 Å². The SMILES string of the molecule is CC(C)(C)OCCNCc1ccc(CO)cc1. The maximum absolute atomic E-state index is 8.92. The summed E-state index contributed by atoms with van der Waals surface area (Å²) in [6, 6.07) is 7.96. The lowest BCUT2D eigenvalue weighted by atomic mass is 10.1. The number of hydrogen-bond acceptors (Lipinski definition) is 3. The normalized spacial score (nSPS) is 11.8. The summed E-state index contributed by atoms with van der Waals surface area (Å²) in [7, 11) is 0. The summed E-state index contributed by atoms with van der Waals surface area (Å²) in [4.78, 5) is 0. The standard InChI is InChI=1S/C14H23NO2/c1-14(2,3)17-9-8-15-10-12-4-6-13(11-16)7-5-12/h4-7,15-16H,8-11H2,1-3H3. The largest absolute Gasteiger partial charge is 0.392 e. The quantitative estimate of drug-likeness (QED) is 0.744. The van der Waals surface area contributed by atoms with E-state index < -0.39 is 0 Å². The fraction of sp³-hybridized carbons (Fsp3) is 0.571. The van der Waals surface area contributed by atoms with Crippen molar-refractivity contribution in [2.75, 3.05) is 13.2 Å². The van der Waals surface area contributed by atoms with E-state index in [0.717, 1.165) is 25.3 Å². The Morgan fingerprint density at radius 3 is 2.24 bits per heavy atom. The molecule has 0 fully saturated rings. The van der Waals surface area contributed by atoms with Crippen molar-refractivity contribution in [3.63, 3.8) is 0 Å². The van der Waals surface area contributed by atoms with Crippen LogP contribution in [0.15, 0.2) is 24.3 Å². The van der Waals surface area contributed by atoms with Crippen LogP contribution < -0.4 is 5.32 Å². The number of rotatable bonds is 6. The van der Waals surface area contributed by atoms with Gasteiger partial charge in [0.25, 0.3) is 0 Å². The van der Waals surface area contributed by atoms with Gasteiger partial charge in [-0.3, -0.25) is 0 Å². The van der Waals surface area contributed by atoms with Crippen LogP contribution in [0.25, 0.3) is 0 Å². The minimum atomic E-state index is -0.0650. The Hall–Kier alpha value is -0.900. The Morgan fingerprint density at radius 1 is 1.12 bits per heavy atom. The molecule has 0 unspecified atom stereocenters. The summed E-state index contributed by atoms with van der Waals surface area (Å²) >= 11 is 0. The van der Waals surface area contributed by atoms with Gasteiger partial charge in [-0.05, 0) is 31.9 Å².